The van der Waals surface area contributed by atoms with Crippen molar-refractivity contribution in [3.8, 4) is 11.1 Å². The highest BCUT2D eigenvalue weighted by Gasteiger charge is 2.43. The molecule has 22 heteroatoms. The van der Waals surface area contributed by atoms with Crippen LogP contribution in [0.4, 0.5) is 11.5 Å². The van der Waals surface area contributed by atoms with Crippen LogP contribution in [0.5, 0.6) is 0 Å². The van der Waals surface area contributed by atoms with E-state index in [9.17, 15) is 43.5 Å². The van der Waals surface area contributed by atoms with E-state index >= 15 is 0 Å². The molecule has 7 N–H and O–H groups in total. The fraction of sp³-hybridized carbons (Fsp3) is 0.333. The molecule has 19 nitrogen and oxygen atoms in total. The molecule has 5 atom stereocenters. The Morgan fingerprint density at radius 3 is 2.49 bits per heavy atom. The first-order valence-electron chi connectivity index (χ1n) is 9.72. The summed E-state index contributed by atoms with van der Waals surface area (Å²) in [4.78, 5) is 62.3. The molecule has 1 aliphatic rings. The molecule has 0 amide bonds. The Kier molecular flexibility index (Phi) is 8.51. The van der Waals surface area contributed by atoms with Crippen molar-refractivity contribution >= 4 is 35.0 Å². The molecule has 1 fully saturated rings. The minimum atomic E-state index is -5.74. The molecule has 2 aromatic rings. The van der Waals surface area contributed by atoms with Crippen molar-refractivity contribution in [1.29, 1.82) is 0 Å². The third kappa shape index (κ3) is 7.81. The number of nitro benzene ring substituents is 1. The zero-order valence-electron chi connectivity index (χ0n) is 18.1. The van der Waals surface area contributed by atoms with Crippen LogP contribution in [0.1, 0.15) is 12.6 Å². The van der Waals surface area contributed by atoms with Gasteiger partial charge in [-0.2, -0.15) is 13.6 Å². The van der Waals surface area contributed by atoms with E-state index in [1.54, 1.807) is 0 Å². The number of non-ortho nitro benzene ring substituents is 1. The minimum Gasteiger partial charge on any atom is -0.390 e. The fourth-order valence-corrected chi connectivity index (χ4v) is 6.23. The lowest BCUT2D eigenvalue weighted by molar-refractivity contribution is -0.384. The quantitative estimate of drug-likeness (QED) is 0.124. The van der Waals surface area contributed by atoms with Crippen molar-refractivity contribution in [3.05, 3.63) is 51.1 Å². The summed E-state index contributed by atoms with van der Waals surface area (Å²) in [7, 11) is -16.8. The van der Waals surface area contributed by atoms with Crippen LogP contribution in [0.2, 0.25) is 0 Å². The zero-order valence-corrected chi connectivity index (χ0v) is 20.8. The maximum absolute atomic E-state index is 12.4. The Hall–Kier alpha value is -2.37. The minimum absolute atomic E-state index is 0.123. The number of hydrogen-bond donors (Lipinski definition) is 6. The van der Waals surface area contributed by atoms with Gasteiger partial charge in [-0.3, -0.25) is 19.2 Å². The number of aliphatic hydroxyl groups is 1. The number of hydrogen-bond acceptors (Lipinski definition) is 13. The number of nitrogens with two attached hydrogens (primary N) is 1. The number of nitrogens with zero attached hydrogens (tertiary/aromatic N) is 3. The van der Waals surface area contributed by atoms with Crippen molar-refractivity contribution in [2.24, 2.45) is 0 Å². The van der Waals surface area contributed by atoms with Gasteiger partial charge in [-0.1, -0.05) is 12.1 Å². The molecular weight excluding hydrogens is 569 g/mol. The summed E-state index contributed by atoms with van der Waals surface area (Å²) in [6, 6.07) is 5.29. The molecule has 0 radical (unpaired) electrons. The molecule has 0 saturated carbocycles. The lowest BCUT2D eigenvalue weighted by Crippen LogP contribution is -2.29. The van der Waals surface area contributed by atoms with Gasteiger partial charge in [0.2, 0.25) is 0 Å². The smallest absolute Gasteiger partial charge is 0.390 e. The number of phosphoric ester groups is 1. The Bertz CT molecular complexity index is 1390. The van der Waals surface area contributed by atoms with Gasteiger partial charge in [-0.15, -0.1) is 0 Å². The number of phosphoric acid groups is 3. The Balaban J connectivity index is 1.75. The summed E-state index contributed by atoms with van der Waals surface area (Å²) in [6.45, 7) is -0.948. The molecule has 204 valence electrons. The van der Waals surface area contributed by atoms with Crippen molar-refractivity contribution in [1.82, 2.24) is 9.55 Å². The maximum Gasteiger partial charge on any atom is 0.490 e. The molecule has 0 aliphatic carbocycles. The molecule has 1 aromatic carbocycles. The van der Waals surface area contributed by atoms with E-state index in [0.717, 1.165) is 4.57 Å². The Morgan fingerprint density at radius 2 is 1.86 bits per heavy atom. The molecule has 2 heterocycles. The Labute approximate surface area is 205 Å². The topological polar surface area (TPSA) is 293 Å². The molecule has 37 heavy (non-hydrogen) atoms. The predicted octanol–water partition coefficient (Wildman–Crippen LogP) is 0.392. The van der Waals surface area contributed by atoms with Gasteiger partial charge in [-0.05, 0) is 5.56 Å². The van der Waals surface area contributed by atoms with Crippen LogP contribution in [-0.4, -0.2) is 58.0 Å². The van der Waals surface area contributed by atoms with E-state index in [2.05, 4.69) is 18.1 Å². The monoisotopic (exact) mass is 588 g/mol. The Morgan fingerprint density at radius 1 is 1.19 bits per heavy atom. The summed E-state index contributed by atoms with van der Waals surface area (Å²) in [6.07, 6.45) is -3.12. The molecule has 3 rings (SSSR count). The summed E-state index contributed by atoms with van der Waals surface area (Å²) in [5.74, 6) is -0.246. The number of benzene rings is 1. The number of aliphatic hydroxyl groups excluding tert-OH is 1. The van der Waals surface area contributed by atoms with Crippen LogP contribution >= 0.6 is 23.5 Å². The highest BCUT2D eigenvalue weighted by Crippen LogP contribution is 2.66. The maximum atomic E-state index is 12.4. The first kappa shape index (κ1) is 29.2. The molecule has 1 saturated heterocycles. The van der Waals surface area contributed by atoms with E-state index < -0.39 is 59.1 Å². The van der Waals surface area contributed by atoms with E-state index in [1.807, 2.05) is 0 Å². The molecule has 1 aliphatic heterocycles. The average Bonchev–Trinajstić information content (AvgIpc) is 3.10. The van der Waals surface area contributed by atoms with E-state index in [4.69, 9.17) is 20.3 Å². The first-order valence-corrected chi connectivity index (χ1v) is 14.2. The lowest BCUT2D eigenvalue weighted by Gasteiger charge is -2.19. The predicted molar refractivity (Wildman–Crippen MR) is 119 cm³/mol. The SMILES string of the molecule is Nc1nc(=O)n([C@H]2C[C@H](O)[C@@H](COP(=O)(O)OP(=O)(O)OP(=O)(O)O)O2)cc1-c1cccc([N+](=O)[O-])c1. The molecule has 0 bridgehead atoms. The molecule has 2 unspecified atom stereocenters. The van der Waals surface area contributed by atoms with E-state index in [-0.39, 0.29) is 29.1 Å². The lowest BCUT2D eigenvalue weighted by atomic mass is 10.1. The summed E-state index contributed by atoms with van der Waals surface area (Å²) >= 11 is 0. The van der Waals surface area contributed by atoms with Gasteiger partial charge >= 0.3 is 29.2 Å². The second-order valence-corrected chi connectivity index (χ2v) is 11.8. The van der Waals surface area contributed by atoms with Crippen molar-refractivity contribution in [3.63, 3.8) is 0 Å². The van der Waals surface area contributed by atoms with Crippen LogP contribution < -0.4 is 11.4 Å². The van der Waals surface area contributed by atoms with Crippen molar-refractivity contribution in [2.45, 2.75) is 24.9 Å². The normalized spacial score (nSPS) is 23.3. The van der Waals surface area contributed by atoms with Gasteiger partial charge in [-0.25, -0.2) is 18.5 Å². The van der Waals surface area contributed by atoms with Gasteiger partial charge in [0.25, 0.3) is 5.69 Å². The number of ether oxygens (including phenoxy) is 1. The third-order valence-corrected chi connectivity index (χ3v) is 8.48. The fourth-order valence-electron chi connectivity index (χ4n) is 3.20. The molecule has 1 aromatic heterocycles. The van der Waals surface area contributed by atoms with Gasteiger partial charge in [0.05, 0.1) is 17.6 Å². The van der Waals surface area contributed by atoms with Crippen LogP contribution in [0.25, 0.3) is 11.1 Å². The largest absolute Gasteiger partial charge is 0.490 e. The van der Waals surface area contributed by atoms with Crippen LogP contribution in [0, 0.1) is 10.1 Å². The number of nitrogen functional groups attached to an aromatic ring is 1. The highest BCUT2D eigenvalue weighted by atomic mass is 31.3. The van der Waals surface area contributed by atoms with E-state index in [1.165, 1.54) is 30.5 Å². The summed E-state index contributed by atoms with van der Waals surface area (Å²) < 4.78 is 51.9. The van der Waals surface area contributed by atoms with Crippen molar-refractivity contribution in [2.75, 3.05) is 12.3 Å². The second-order valence-electron chi connectivity index (χ2n) is 7.36. The number of nitro groups is 1. The van der Waals surface area contributed by atoms with Gasteiger partial charge in [0.15, 0.2) is 0 Å². The molecule has 0 spiro atoms. The zero-order chi connectivity index (χ0) is 27.8. The molecular formula is C15H19N4O15P3. The van der Waals surface area contributed by atoms with Gasteiger partial charge in [0.1, 0.15) is 18.1 Å². The van der Waals surface area contributed by atoms with Crippen LogP contribution in [0.15, 0.2) is 35.3 Å². The highest BCUT2D eigenvalue weighted by molar-refractivity contribution is 7.66. The summed E-state index contributed by atoms with van der Waals surface area (Å²) in [5.41, 5.74) is 5.00. The first-order chi connectivity index (χ1) is 17.0. The number of anilines is 1. The summed E-state index contributed by atoms with van der Waals surface area (Å²) in [5, 5.41) is 21.3. The average molecular weight is 588 g/mol. The second kappa shape index (κ2) is 10.8. The third-order valence-electron chi connectivity index (χ3n) is 4.68. The number of aromatic nitrogens is 2. The van der Waals surface area contributed by atoms with Crippen molar-refractivity contribution < 1.29 is 61.2 Å². The van der Waals surface area contributed by atoms with E-state index in [0.29, 0.717) is 0 Å². The van der Waals surface area contributed by atoms with Gasteiger partial charge in [0, 0.05) is 30.3 Å². The van der Waals surface area contributed by atoms with Crippen LogP contribution in [0.3, 0.4) is 0 Å². The van der Waals surface area contributed by atoms with Gasteiger partial charge < -0.3 is 35.2 Å². The van der Waals surface area contributed by atoms with Crippen LogP contribution in [-0.2, 0) is 31.6 Å². The number of rotatable bonds is 10. The standard InChI is InChI=1S/C15H19N4O15P3/c16-14-10(8-2-1-3-9(4-8)19(22)23)6-18(15(21)17-14)13-5-11(20)12(32-13)7-31-36(27,28)34-37(29,30)33-35(24,25)26/h1-4,6,11-13,20H,5,7H2,(H,27,28)(H,29,30)(H2,16,17,21)(H2,24,25,26)/t11-,12+,13+/m0/s1.